The zero-order valence-corrected chi connectivity index (χ0v) is 10.5. The van der Waals surface area contributed by atoms with Crippen LogP contribution in [0.25, 0.3) is 0 Å². The van der Waals surface area contributed by atoms with Crippen LogP contribution in [0.2, 0.25) is 0 Å². The molecule has 0 aliphatic rings. The fraction of sp³-hybridized carbons (Fsp3) is 0.700. The van der Waals surface area contributed by atoms with E-state index >= 15 is 0 Å². The highest BCUT2D eigenvalue weighted by atomic mass is 32.2. The zero-order valence-electron chi connectivity index (χ0n) is 9.64. The highest BCUT2D eigenvalue weighted by Gasteiger charge is 2.13. The number of aliphatic carboxylic acids is 1. The Kier molecular flexibility index (Phi) is 4.79. The van der Waals surface area contributed by atoms with Gasteiger partial charge >= 0.3 is 5.97 Å². The van der Waals surface area contributed by atoms with Crippen LogP contribution < -0.4 is 0 Å². The molecule has 0 radical (unpaired) electrons. The summed E-state index contributed by atoms with van der Waals surface area (Å²) in [4.78, 5) is 14.8. The van der Waals surface area contributed by atoms with Gasteiger partial charge in [0.15, 0.2) is 5.82 Å². The quantitative estimate of drug-likeness (QED) is 0.826. The Morgan fingerprint density at radius 1 is 1.50 bits per heavy atom. The minimum atomic E-state index is -0.775. The number of carboxylic acid groups (broad SMARTS) is 1. The van der Waals surface area contributed by atoms with Crippen LogP contribution in [0, 0.1) is 5.92 Å². The Hall–Kier alpha value is -1.04. The normalized spacial score (nSPS) is 13.0. The van der Waals surface area contributed by atoms with Crippen LogP contribution >= 0.6 is 11.8 Å². The maximum atomic E-state index is 10.6. The first kappa shape index (κ1) is 13.0. The van der Waals surface area contributed by atoms with Crippen molar-refractivity contribution < 1.29 is 14.4 Å². The summed E-state index contributed by atoms with van der Waals surface area (Å²) < 4.78 is 5.04. The maximum absolute atomic E-state index is 10.6. The van der Waals surface area contributed by atoms with E-state index in [2.05, 4.69) is 10.1 Å². The summed E-state index contributed by atoms with van der Waals surface area (Å²) >= 11 is 1.50. The number of rotatable bonds is 6. The predicted molar refractivity (Wildman–Crippen MR) is 61.3 cm³/mol. The third-order valence-corrected chi connectivity index (χ3v) is 3.20. The van der Waals surface area contributed by atoms with Gasteiger partial charge in [0.2, 0.25) is 5.89 Å². The van der Waals surface area contributed by atoms with Gasteiger partial charge in [-0.25, -0.2) is 0 Å². The van der Waals surface area contributed by atoms with E-state index in [-0.39, 0.29) is 11.8 Å². The Bertz CT molecular complexity index is 352. The van der Waals surface area contributed by atoms with Gasteiger partial charge in [0, 0.05) is 11.7 Å². The topological polar surface area (TPSA) is 76.2 Å². The fourth-order valence-electron chi connectivity index (χ4n) is 0.959. The zero-order chi connectivity index (χ0) is 12.1. The molecule has 0 bridgehead atoms. The first-order valence-corrected chi connectivity index (χ1v) is 6.29. The Morgan fingerprint density at radius 2 is 2.19 bits per heavy atom. The summed E-state index contributed by atoms with van der Waals surface area (Å²) in [5, 5.41) is 12.5. The molecule has 1 aromatic heterocycles. The van der Waals surface area contributed by atoms with E-state index in [0.717, 1.165) is 0 Å². The Labute approximate surface area is 98.6 Å². The highest BCUT2D eigenvalue weighted by Crippen LogP contribution is 2.16. The van der Waals surface area contributed by atoms with Gasteiger partial charge in [0.25, 0.3) is 0 Å². The number of aromatic nitrogens is 2. The van der Waals surface area contributed by atoms with Crippen LogP contribution in [-0.2, 0) is 10.5 Å². The minimum Gasteiger partial charge on any atom is -0.481 e. The Balaban J connectivity index is 2.34. The molecule has 1 N–H and O–H groups in total. The third-order valence-electron chi connectivity index (χ3n) is 2.00. The molecule has 0 aromatic carbocycles. The largest absolute Gasteiger partial charge is 0.481 e. The van der Waals surface area contributed by atoms with E-state index in [9.17, 15) is 4.79 Å². The molecule has 90 valence electrons. The first-order chi connectivity index (χ1) is 7.50. The van der Waals surface area contributed by atoms with Crippen LogP contribution in [-0.4, -0.2) is 27.0 Å². The molecular formula is C10H16N2O3S. The lowest BCUT2D eigenvalue weighted by Gasteiger charge is -2.02. The molecule has 16 heavy (non-hydrogen) atoms. The van der Waals surface area contributed by atoms with Gasteiger partial charge in [-0.1, -0.05) is 25.9 Å². The lowest BCUT2D eigenvalue weighted by molar-refractivity contribution is -0.140. The van der Waals surface area contributed by atoms with Crippen molar-refractivity contribution in [2.75, 3.05) is 5.75 Å². The molecule has 0 aliphatic heterocycles. The summed E-state index contributed by atoms with van der Waals surface area (Å²) in [7, 11) is 0. The standard InChI is InChI=1S/C10H16N2O3S/c1-6(2)9-11-8(12-15-9)5-16-4-7(3)10(13)14/h6-7H,4-5H2,1-3H3,(H,13,14). The lowest BCUT2D eigenvalue weighted by atomic mass is 10.2. The van der Waals surface area contributed by atoms with Crippen molar-refractivity contribution in [2.45, 2.75) is 32.4 Å². The van der Waals surface area contributed by atoms with E-state index in [1.807, 2.05) is 13.8 Å². The summed E-state index contributed by atoms with van der Waals surface area (Å²) in [6.07, 6.45) is 0. The van der Waals surface area contributed by atoms with E-state index in [0.29, 0.717) is 23.2 Å². The lowest BCUT2D eigenvalue weighted by Crippen LogP contribution is -2.11. The molecule has 0 aliphatic carbocycles. The van der Waals surface area contributed by atoms with Gasteiger partial charge in [0.05, 0.1) is 11.7 Å². The van der Waals surface area contributed by atoms with E-state index < -0.39 is 5.97 Å². The summed E-state index contributed by atoms with van der Waals surface area (Å²) in [6.45, 7) is 5.65. The van der Waals surface area contributed by atoms with Crippen LogP contribution in [0.4, 0.5) is 0 Å². The number of nitrogens with zero attached hydrogens (tertiary/aromatic N) is 2. The smallest absolute Gasteiger partial charge is 0.307 e. The SMILES string of the molecule is CC(CSCc1noc(C(C)C)n1)C(=O)O. The molecule has 1 heterocycles. The maximum Gasteiger partial charge on any atom is 0.307 e. The number of hydrogen-bond acceptors (Lipinski definition) is 5. The summed E-state index contributed by atoms with van der Waals surface area (Å²) in [5.41, 5.74) is 0. The molecule has 0 spiro atoms. The van der Waals surface area contributed by atoms with Gasteiger partial charge in [-0.2, -0.15) is 16.7 Å². The molecule has 0 fully saturated rings. The highest BCUT2D eigenvalue weighted by molar-refractivity contribution is 7.98. The van der Waals surface area contributed by atoms with Crippen LogP contribution in [0.1, 0.15) is 38.4 Å². The molecule has 0 saturated carbocycles. The average Bonchev–Trinajstić information content (AvgIpc) is 2.66. The molecule has 1 unspecified atom stereocenters. The van der Waals surface area contributed by atoms with Gasteiger partial charge in [-0.05, 0) is 0 Å². The van der Waals surface area contributed by atoms with Crippen molar-refractivity contribution in [3.8, 4) is 0 Å². The second-order valence-electron chi connectivity index (χ2n) is 3.96. The van der Waals surface area contributed by atoms with Crippen LogP contribution in [0.15, 0.2) is 4.52 Å². The first-order valence-electron chi connectivity index (χ1n) is 5.13. The number of thioether (sulfide) groups is 1. The molecule has 6 heteroatoms. The molecular weight excluding hydrogens is 228 g/mol. The molecule has 0 amide bonds. The van der Waals surface area contributed by atoms with Gasteiger partial charge in [0.1, 0.15) is 0 Å². The van der Waals surface area contributed by atoms with Crippen LogP contribution in [0.3, 0.4) is 0 Å². The van der Waals surface area contributed by atoms with Crippen molar-refractivity contribution in [2.24, 2.45) is 5.92 Å². The van der Waals surface area contributed by atoms with Crippen molar-refractivity contribution in [3.63, 3.8) is 0 Å². The van der Waals surface area contributed by atoms with Crippen molar-refractivity contribution in [1.82, 2.24) is 10.1 Å². The van der Waals surface area contributed by atoms with Crippen molar-refractivity contribution >= 4 is 17.7 Å². The Morgan fingerprint density at radius 3 is 2.69 bits per heavy atom. The molecule has 0 saturated heterocycles. The summed E-state index contributed by atoms with van der Waals surface area (Å²) in [5.74, 6) is 1.51. The van der Waals surface area contributed by atoms with Gasteiger partial charge in [-0.3, -0.25) is 4.79 Å². The molecule has 1 atom stereocenters. The second kappa shape index (κ2) is 5.89. The molecule has 1 aromatic rings. The molecule has 1 rings (SSSR count). The van der Waals surface area contributed by atoms with Gasteiger partial charge < -0.3 is 9.63 Å². The fourth-order valence-corrected chi connectivity index (χ4v) is 1.87. The predicted octanol–water partition coefficient (Wildman–Crippen LogP) is 2.15. The van der Waals surface area contributed by atoms with E-state index in [1.165, 1.54) is 11.8 Å². The van der Waals surface area contributed by atoms with Crippen molar-refractivity contribution in [1.29, 1.82) is 0 Å². The van der Waals surface area contributed by atoms with E-state index in [1.54, 1.807) is 6.92 Å². The minimum absolute atomic E-state index is 0.226. The average molecular weight is 244 g/mol. The third kappa shape index (κ3) is 3.84. The monoisotopic (exact) mass is 244 g/mol. The number of carboxylic acids is 1. The van der Waals surface area contributed by atoms with E-state index in [4.69, 9.17) is 9.63 Å². The van der Waals surface area contributed by atoms with Crippen LogP contribution in [0.5, 0.6) is 0 Å². The number of carbonyl (C=O) groups is 1. The van der Waals surface area contributed by atoms with Gasteiger partial charge in [-0.15, -0.1) is 0 Å². The van der Waals surface area contributed by atoms with Crippen molar-refractivity contribution in [3.05, 3.63) is 11.7 Å². The molecule has 5 nitrogen and oxygen atoms in total. The number of hydrogen-bond donors (Lipinski definition) is 1. The summed E-state index contributed by atoms with van der Waals surface area (Å²) in [6, 6.07) is 0. The second-order valence-corrected chi connectivity index (χ2v) is 4.99.